The van der Waals surface area contributed by atoms with Gasteiger partial charge >= 0.3 is 0 Å². The molecule has 0 aliphatic carbocycles. The van der Waals surface area contributed by atoms with Crippen molar-refractivity contribution in [2.24, 2.45) is 10.5 Å². The Morgan fingerprint density at radius 3 is 2.47 bits per heavy atom. The average Bonchev–Trinajstić information content (AvgIpc) is 3.22. The highest BCUT2D eigenvalue weighted by atomic mass is 19.1. The van der Waals surface area contributed by atoms with Crippen molar-refractivity contribution < 1.29 is 23.5 Å². The quantitative estimate of drug-likeness (QED) is 0.602. The Labute approximate surface area is 200 Å². The van der Waals surface area contributed by atoms with Gasteiger partial charge in [-0.05, 0) is 23.6 Å². The fourth-order valence-corrected chi connectivity index (χ4v) is 3.88. The zero-order chi connectivity index (χ0) is 25.0. The molecule has 1 heterocycles. The normalized spacial score (nSPS) is 15.7. The Balaban J connectivity index is 1.94. The number of likely N-dealkylation sites (N-methyl/N-ethyl adjacent to an activating group) is 1. The maximum atomic E-state index is 14.7. The van der Waals surface area contributed by atoms with E-state index in [4.69, 9.17) is 9.47 Å². The monoisotopic (exact) mass is 469 g/mol. The topological polar surface area (TPSA) is 71.4 Å². The number of halogens is 1. The first kappa shape index (κ1) is 25.2. The molecule has 8 heteroatoms. The minimum Gasteiger partial charge on any atom is -0.497 e. The SMILES string of the molecule is COc1ccc(C2=NN(C(=O)CN(C)C(=O)CC(C)(C)C)[C@@H](c3ccccc3F)C2)c(OC)c1. The molecule has 1 atom stereocenters. The van der Waals surface area contributed by atoms with Gasteiger partial charge in [-0.3, -0.25) is 9.59 Å². The molecule has 0 aromatic heterocycles. The highest BCUT2D eigenvalue weighted by Crippen LogP contribution is 2.37. The largest absolute Gasteiger partial charge is 0.497 e. The lowest BCUT2D eigenvalue weighted by Gasteiger charge is -2.26. The van der Waals surface area contributed by atoms with Crippen LogP contribution >= 0.6 is 0 Å². The molecule has 0 saturated heterocycles. The zero-order valence-electron chi connectivity index (χ0n) is 20.6. The van der Waals surface area contributed by atoms with Crippen molar-refractivity contribution >= 4 is 17.5 Å². The van der Waals surface area contributed by atoms with Gasteiger partial charge in [-0.2, -0.15) is 5.10 Å². The van der Waals surface area contributed by atoms with Gasteiger partial charge in [0.2, 0.25) is 5.91 Å². The molecule has 0 spiro atoms. The first-order chi connectivity index (χ1) is 16.0. The number of amides is 2. The summed E-state index contributed by atoms with van der Waals surface area (Å²) >= 11 is 0. The summed E-state index contributed by atoms with van der Waals surface area (Å²) in [6.45, 7) is 5.74. The maximum Gasteiger partial charge on any atom is 0.262 e. The van der Waals surface area contributed by atoms with E-state index < -0.39 is 11.9 Å². The molecule has 0 unspecified atom stereocenters. The van der Waals surface area contributed by atoms with Gasteiger partial charge in [-0.1, -0.05) is 39.0 Å². The van der Waals surface area contributed by atoms with E-state index in [1.54, 1.807) is 51.6 Å². The first-order valence-electron chi connectivity index (χ1n) is 11.1. The predicted octanol–water partition coefficient (Wildman–Crippen LogP) is 4.42. The van der Waals surface area contributed by atoms with Crippen LogP contribution in [-0.4, -0.2) is 55.2 Å². The molecule has 3 rings (SSSR count). The summed E-state index contributed by atoms with van der Waals surface area (Å²) < 4.78 is 25.5. The smallest absolute Gasteiger partial charge is 0.262 e. The van der Waals surface area contributed by atoms with Crippen LogP contribution in [-0.2, 0) is 9.59 Å². The summed E-state index contributed by atoms with van der Waals surface area (Å²) in [7, 11) is 4.70. The van der Waals surface area contributed by atoms with Crippen LogP contribution in [0.4, 0.5) is 4.39 Å². The van der Waals surface area contributed by atoms with E-state index in [0.717, 1.165) is 0 Å². The van der Waals surface area contributed by atoms with E-state index in [-0.39, 0.29) is 23.8 Å². The molecule has 1 aliphatic rings. The first-order valence-corrected chi connectivity index (χ1v) is 11.1. The van der Waals surface area contributed by atoms with Gasteiger partial charge in [-0.15, -0.1) is 0 Å². The van der Waals surface area contributed by atoms with E-state index in [1.165, 1.54) is 16.0 Å². The molecular weight excluding hydrogens is 437 g/mol. The number of hydrogen-bond donors (Lipinski definition) is 0. The number of hydrogen-bond acceptors (Lipinski definition) is 5. The second kappa shape index (κ2) is 10.2. The molecule has 0 saturated carbocycles. The summed E-state index contributed by atoms with van der Waals surface area (Å²) in [5, 5.41) is 5.87. The lowest BCUT2D eigenvalue weighted by atomic mass is 9.92. The molecule has 2 amide bonds. The Morgan fingerprint density at radius 1 is 1.15 bits per heavy atom. The van der Waals surface area contributed by atoms with Crippen LogP contribution in [0.5, 0.6) is 11.5 Å². The van der Waals surface area contributed by atoms with Crippen LogP contribution in [0.25, 0.3) is 0 Å². The maximum absolute atomic E-state index is 14.7. The molecule has 0 radical (unpaired) electrons. The van der Waals surface area contributed by atoms with Crippen LogP contribution in [0.2, 0.25) is 0 Å². The molecule has 0 N–H and O–H groups in total. The zero-order valence-corrected chi connectivity index (χ0v) is 20.6. The van der Waals surface area contributed by atoms with E-state index in [1.807, 2.05) is 26.8 Å². The Kier molecular flexibility index (Phi) is 7.59. The standard InChI is InChI=1S/C26H32FN3O4/c1-26(2,3)15-24(31)29(4)16-25(32)30-22(18-9-7-8-10-20(18)27)14-21(28-30)19-12-11-17(33-5)13-23(19)34-6/h7-13,22H,14-16H2,1-6H3/t22-/m1/s1. The van der Waals surface area contributed by atoms with Gasteiger partial charge in [0.25, 0.3) is 5.91 Å². The molecule has 1 aliphatic heterocycles. The molecule has 0 fully saturated rings. The molecule has 34 heavy (non-hydrogen) atoms. The number of ether oxygens (including phenoxy) is 2. The van der Waals surface area contributed by atoms with E-state index in [0.29, 0.717) is 41.2 Å². The second-order valence-electron chi connectivity index (χ2n) is 9.58. The molecular formula is C26H32FN3O4. The summed E-state index contributed by atoms with van der Waals surface area (Å²) in [6.07, 6.45) is 0.611. The van der Waals surface area contributed by atoms with Crippen molar-refractivity contribution in [3.63, 3.8) is 0 Å². The van der Waals surface area contributed by atoms with Crippen LogP contribution in [0, 0.1) is 11.2 Å². The predicted molar refractivity (Wildman–Crippen MR) is 128 cm³/mol. The Bertz CT molecular complexity index is 1090. The molecule has 182 valence electrons. The Hall–Kier alpha value is -3.42. The van der Waals surface area contributed by atoms with Gasteiger partial charge in [0.1, 0.15) is 23.9 Å². The molecule has 7 nitrogen and oxygen atoms in total. The van der Waals surface area contributed by atoms with E-state index >= 15 is 0 Å². The van der Waals surface area contributed by atoms with Gasteiger partial charge in [0.05, 0.1) is 26.0 Å². The Morgan fingerprint density at radius 2 is 1.85 bits per heavy atom. The van der Waals surface area contributed by atoms with E-state index in [2.05, 4.69) is 5.10 Å². The third-order valence-corrected chi connectivity index (χ3v) is 5.63. The summed E-state index contributed by atoms with van der Waals surface area (Å²) in [5.41, 5.74) is 1.45. The van der Waals surface area contributed by atoms with Crippen molar-refractivity contribution in [3.05, 3.63) is 59.4 Å². The minimum absolute atomic E-state index is 0.136. The highest BCUT2D eigenvalue weighted by Gasteiger charge is 2.36. The number of carbonyl (C=O) groups is 2. The fourth-order valence-electron chi connectivity index (χ4n) is 3.88. The van der Waals surface area contributed by atoms with Crippen LogP contribution in [0.15, 0.2) is 47.6 Å². The number of rotatable bonds is 7. The van der Waals surface area contributed by atoms with Crippen molar-refractivity contribution in [3.8, 4) is 11.5 Å². The van der Waals surface area contributed by atoms with Crippen molar-refractivity contribution in [2.45, 2.75) is 39.7 Å². The van der Waals surface area contributed by atoms with Crippen molar-refractivity contribution in [1.29, 1.82) is 0 Å². The second-order valence-corrected chi connectivity index (χ2v) is 9.58. The number of hydrazone groups is 1. The van der Waals surface area contributed by atoms with Crippen molar-refractivity contribution in [2.75, 3.05) is 27.8 Å². The van der Waals surface area contributed by atoms with Gasteiger partial charge in [0, 0.05) is 37.1 Å². The van der Waals surface area contributed by atoms with Crippen LogP contribution < -0.4 is 9.47 Å². The van der Waals surface area contributed by atoms with E-state index in [9.17, 15) is 14.0 Å². The van der Waals surface area contributed by atoms with Gasteiger partial charge in [0.15, 0.2) is 0 Å². The number of nitrogens with zero attached hydrogens (tertiary/aromatic N) is 3. The summed E-state index contributed by atoms with van der Waals surface area (Å²) in [5.74, 6) is 0.221. The third-order valence-electron chi connectivity index (χ3n) is 5.63. The van der Waals surface area contributed by atoms with Gasteiger partial charge in [-0.25, -0.2) is 9.40 Å². The fraction of sp³-hybridized carbons (Fsp3) is 0.423. The van der Waals surface area contributed by atoms with Crippen LogP contribution in [0.1, 0.15) is 50.8 Å². The molecule has 2 aromatic carbocycles. The number of carbonyl (C=O) groups excluding carboxylic acids is 2. The third kappa shape index (κ3) is 5.73. The van der Waals surface area contributed by atoms with Crippen molar-refractivity contribution in [1.82, 2.24) is 9.91 Å². The van der Waals surface area contributed by atoms with Gasteiger partial charge < -0.3 is 14.4 Å². The number of benzene rings is 2. The number of methoxy groups -OCH3 is 2. The molecule has 2 aromatic rings. The molecule has 0 bridgehead atoms. The van der Waals surface area contributed by atoms with Crippen LogP contribution in [0.3, 0.4) is 0 Å². The lowest BCUT2D eigenvalue weighted by Crippen LogP contribution is -2.40. The minimum atomic E-state index is -0.637. The highest BCUT2D eigenvalue weighted by molar-refractivity contribution is 6.05. The average molecular weight is 470 g/mol. The summed E-state index contributed by atoms with van der Waals surface area (Å²) in [6, 6.07) is 11.0. The lowest BCUT2D eigenvalue weighted by molar-refractivity contribution is -0.141. The summed E-state index contributed by atoms with van der Waals surface area (Å²) in [4.78, 5) is 27.3.